The molecule has 1 heterocycles. The lowest BCUT2D eigenvalue weighted by Gasteiger charge is -2.14. The van der Waals surface area contributed by atoms with Crippen LogP contribution < -0.4 is 0 Å². The van der Waals surface area contributed by atoms with Gasteiger partial charge in [-0.1, -0.05) is 22.0 Å². The summed E-state index contributed by atoms with van der Waals surface area (Å²) < 4.78 is 5.29. The van der Waals surface area contributed by atoms with Crippen molar-refractivity contribution in [2.75, 3.05) is 7.11 Å². The third-order valence-electron chi connectivity index (χ3n) is 2.74. The molecule has 0 spiro atoms. The van der Waals surface area contributed by atoms with Crippen LogP contribution in [0.4, 0.5) is 0 Å². The van der Waals surface area contributed by atoms with E-state index in [1.807, 2.05) is 12.1 Å². The van der Waals surface area contributed by atoms with Gasteiger partial charge in [0.15, 0.2) is 6.10 Å². The number of aliphatic hydroxyl groups is 2. The smallest absolute Gasteiger partial charge is 0.337 e. The van der Waals surface area contributed by atoms with Crippen molar-refractivity contribution in [2.24, 2.45) is 0 Å². The summed E-state index contributed by atoms with van der Waals surface area (Å²) in [5, 5.41) is 20.3. The molecule has 0 radical (unpaired) electrons. The fraction of sp³-hybridized carbons (Fsp3) is 0.250. The highest BCUT2D eigenvalue weighted by Crippen LogP contribution is 2.28. The van der Waals surface area contributed by atoms with Crippen molar-refractivity contribution < 1.29 is 19.7 Å². The molecule has 0 fully saturated rings. The van der Waals surface area contributed by atoms with E-state index in [0.29, 0.717) is 5.56 Å². The molecule has 6 heteroatoms. The number of carbonyl (C=O) groups excluding carboxylic acids is 1. The first-order valence-corrected chi connectivity index (χ1v) is 6.04. The van der Waals surface area contributed by atoms with Crippen LogP contribution in [0, 0.1) is 0 Å². The van der Waals surface area contributed by atoms with Crippen LogP contribution in [0.1, 0.15) is 11.7 Å². The number of hydrogen-bond donors (Lipinski definition) is 3. The number of fused-ring (bicyclic) bond motifs is 1. The zero-order valence-electron chi connectivity index (χ0n) is 9.55. The van der Waals surface area contributed by atoms with Gasteiger partial charge in [-0.15, -0.1) is 0 Å². The molecule has 0 bridgehead atoms. The number of carbonyl (C=O) groups is 1. The molecular formula is C12H12BrNO4. The summed E-state index contributed by atoms with van der Waals surface area (Å²) in [5.74, 6) is -0.867. The van der Waals surface area contributed by atoms with E-state index in [1.165, 1.54) is 0 Å². The Morgan fingerprint density at radius 1 is 1.44 bits per heavy atom. The van der Waals surface area contributed by atoms with Gasteiger partial charge in [-0.25, -0.2) is 4.79 Å². The third-order valence-corrected chi connectivity index (χ3v) is 3.23. The molecule has 5 nitrogen and oxygen atoms in total. The van der Waals surface area contributed by atoms with Gasteiger partial charge >= 0.3 is 5.97 Å². The predicted molar refractivity (Wildman–Crippen MR) is 69.0 cm³/mol. The quantitative estimate of drug-likeness (QED) is 0.750. The molecule has 0 saturated heterocycles. The minimum absolute atomic E-state index is 0.454. The lowest BCUT2D eigenvalue weighted by Crippen LogP contribution is -2.28. The standard InChI is InChI=1S/C12H12BrNO4/c1-18-12(17)11(16)10(15)8-5-14-9-4-6(13)2-3-7(8)9/h2-5,10-11,14-16H,1H3. The molecule has 2 aromatic rings. The largest absolute Gasteiger partial charge is 0.467 e. The van der Waals surface area contributed by atoms with Gasteiger partial charge in [0, 0.05) is 27.1 Å². The maximum Gasteiger partial charge on any atom is 0.337 e. The van der Waals surface area contributed by atoms with Crippen LogP contribution in [0.2, 0.25) is 0 Å². The zero-order valence-corrected chi connectivity index (χ0v) is 11.1. The number of hydrogen-bond acceptors (Lipinski definition) is 4. The van der Waals surface area contributed by atoms with Gasteiger partial charge in [-0.2, -0.15) is 0 Å². The Morgan fingerprint density at radius 2 is 2.17 bits per heavy atom. The Bertz CT molecular complexity index is 580. The lowest BCUT2D eigenvalue weighted by atomic mass is 10.0. The Labute approximate surface area is 112 Å². The summed E-state index contributed by atoms with van der Waals surface area (Å²) in [5.41, 5.74) is 1.26. The number of rotatable bonds is 3. The van der Waals surface area contributed by atoms with E-state index in [4.69, 9.17) is 0 Å². The predicted octanol–water partition coefficient (Wildman–Crippen LogP) is 1.50. The number of aliphatic hydroxyl groups excluding tert-OH is 2. The highest BCUT2D eigenvalue weighted by atomic mass is 79.9. The second-order valence-electron chi connectivity index (χ2n) is 3.85. The summed E-state index contributed by atoms with van der Waals surface area (Å²) >= 11 is 3.34. The molecule has 0 aliphatic rings. The zero-order chi connectivity index (χ0) is 13.3. The van der Waals surface area contributed by atoms with Crippen molar-refractivity contribution in [3.63, 3.8) is 0 Å². The molecule has 3 N–H and O–H groups in total. The topological polar surface area (TPSA) is 82.6 Å². The monoisotopic (exact) mass is 313 g/mol. The van der Waals surface area contributed by atoms with E-state index < -0.39 is 18.2 Å². The lowest BCUT2D eigenvalue weighted by molar-refractivity contribution is -0.156. The van der Waals surface area contributed by atoms with Crippen molar-refractivity contribution in [3.8, 4) is 0 Å². The normalized spacial score (nSPS) is 14.4. The molecule has 2 rings (SSSR count). The van der Waals surface area contributed by atoms with Crippen LogP contribution in [-0.4, -0.2) is 34.4 Å². The Balaban J connectivity index is 2.39. The Hall–Kier alpha value is -1.37. The number of esters is 1. The number of methoxy groups -OCH3 is 1. The highest BCUT2D eigenvalue weighted by molar-refractivity contribution is 9.10. The molecule has 96 valence electrons. The van der Waals surface area contributed by atoms with Crippen LogP contribution in [0.5, 0.6) is 0 Å². The van der Waals surface area contributed by atoms with Gasteiger partial charge in [0.25, 0.3) is 0 Å². The minimum Gasteiger partial charge on any atom is -0.467 e. The maximum atomic E-state index is 11.2. The first kappa shape index (κ1) is 13.1. The van der Waals surface area contributed by atoms with E-state index in [0.717, 1.165) is 22.5 Å². The van der Waals surface area contributed by atoms with E-state index >= 15 is 0 Å². The van der Waals surface area contributed by atoms with Crippen LogP contribution in [0.3, 0.4) is 0 Å². The summed E-state index contributed by atoms with van der Waals surface area (Å²) in [7, 11) is 1.16. The van der Waals surface area contributed by atoms with Crippen LogP contribution >= 0.6 is 15.9 Å². The molecule has 1 aromatic carbocycles. The molecular weight excluding hydrogens is 302 g/mol. The van der Waals surface area contributed by atoms with E-state index in [9.17, 15) is 15.0 Å². The van der Waals surface area contributed by atoms with E-state index in [-0.39, 0.29) is 0 Å². The fourth-order valence-electron chi connectivity index (χ4n) is 1.79. The van der Waals surface area contributed by atoms with Crippen molar-refractivity contribution in [2.45, 2.75) is 12.2 Å². The minimum atomic E-state index is -1.60. The molecule has 18 heavy (non-hydrogen) atoms. The average Bonchev–Trinajstić information content (AvgIpc) is 2.78. The van der Waals surface area contributed by atoms with Crippen molar-refractivity contribution in [3.05, 3.63) is 34.4 Å². The second kappa shape index (κ2) is 5.09. The SMILES string of the molecule is COC(=O)C(O)C(O)c1c[nH]c2cc(Br)ccc12. The van der Waals surface area contributed by atoms with E-state index in [1.54, 1.807) is 12.3 Å². The Kier molecular flexibility index (Phi) is 3.70. The van der Waals surface area contributed by atoms with Crippen LogP contribution in [0.15, 0.2) is 28.9 Å². The van der Waals surface area contributed by atoms with Gasteiger partial charge in [0.2, 0.25) is 0 Å². The second-order valence-corrected chi connectivity index (χ2v) is 4.76. The van der Waals surface area contributed by atoms with Crippen molar-refractivity contribution >= 4 is 32.8 Å². The highest BCUT2D eigenvalue weighted by Gasteiger charge is 2.28. The first-order chi connectivity index (χ1) is 8.54. The van der Waals surface area contributed by atoms with Crippen molar-refractivity contribution in [1.29, 1.82) is 0 Å². The maximum absolute atomic E-state index is 11.2. The molecule has 0 aliphatic carbocycles. The number of aromatic amines is 1. The van der Waals surface area contributed by atoms with Crippen molar-refractivity contribution in [1.82, 2.24) is 4.98 Å². The average molecular weight is 314 g/mol. The van der Waals surface area contributed by atoms with E-state index in [2.05, 4.69) is 25.7 Å². The van der Waals surface area contributed by atoms with Crippen LogP contribution in [-0.2, 0) is 9.53 Å². The number of nitrogens with one attached hydrogen (secondary N) is 1. The van der Waals surface area contributed by atoms with Gasteiger partial charge in [0.1, 0.15) is 6.10 Å². The summed E-state index contributed by atoms with van der Waals surface area (Å²) in [6, 6.07) is 5.45. The number of H-pyrrole nitrogens is 1. The van der Waals surface area contributed by atoms with Crippen LogP contribution in [0.25, 0.3) is 10.9 Å². The first-order valence-electron chi connectivity index (χ1n) is 5.25. The number of aromatic nitrogens is 1. The molecule has 2 atom stereocenters. The summed E-state index contributed by atoms with van der Waals surface area (Å²) in [6.45, 7) is 0. The number of halogens is 1. The van der Waals surface area contributed by atoms with Gasteiger partial charge < -0.3 is 19.9 Å². The Morgan fingerprint density at radius 3 is 2.83 bits per heavy atom. The van der Waals surface area contributed by atoms with Gasteiger partial charge in [0.05, 0.1) is 7.11 Å². The molecule has 1 aromatic heterocycles. The summed E-state index contributed by atoms with van der Waals surface area (Å²) in [4.78, 5) is 14.2. The molecule has 0 saturated carbocycles. The molecule has 2 unspecified atom stereocenters. The number of benzene rings is 1. The summed E-state index contributed by atoms with van der Waals surface area (Å²) in [6.07, 6.45) is -1.36. The van der Waals surface area contributed by atoms with Gasteiger partial charge in [-0.3, -0.25) is 0 Å². The number of ether oxygens (including phenoxy) is 1. The fourth-order valence-corrected chi connectivity index (χ4v) is 2.15. The van der Waals surface area contributed by atoms with Gasteiger partial charge in [-0.05, 0) is 12.1 Å². The molecule has 0 aliphatic heterocycles. The molecule has 0 amide bonds. The third kappa shape index (κ3) is 2.27.